The monoisotopic (exact) mass is 335 g/mol. The molecule has 0 spiro atoms. The van der Waals surface area contributed by atoms with E-state index in [0.717, 1.165) is 25.2 Å². The van der Waals surface area contributed by atoms with E-state index in [4.69, 9.17) is 9.47 Å². The molecular formula is C16H25N5O3. The summed E-state index contributed by atoms with van der Waals surface area (Å²) in [4.78, 5) is 18.2. The van der Waals surface area contributed by atoms with Gasteiger partial charge in [-0.05, 0) is 18.9 Å². The number of piperidine rings is 1. The van der Waals surface area contributed by atoms with E-state index >= 15 is 0 Å². The Morgan fingerprint density at radius 3 is 2.67 bits per heavy atom. The van der Waals surface area contributed by atoms with Crippen molar-refractivity contribution in [3.8, 4) is 5.88 Å². The smallest absolute Gasteiger partial charge is 0.320 e. The largest absolute Gasteiger partial charge is 0.471 e. The summed E-state index contributed by atoms with van der Waals surface area (Å²) in [5.41, 5.74) is 0. The van der Waals surface area contributed by atoms with Crippen LogP contribution in [0.15, 0.2) is 12.1 Å². The first-order valence-corrected chi connectivity index (χ1v) is 8.43. The van der Waals surface area contributed by atoms with Crippen molar-refractivity contribution in [1.82, 2.24) is 20.0 Å². The molecule has 132 valence electrons. The van der Waals surface area contributed by atoms with Crippen LogP contribution in [-0.4, -0.2) is 85.6 Å². The molecule has 1 aromatic rings. The quantitative estimate of drug-likeness (QED) is 0.815. The average Bonchev–Trinajstić information content (AvgIpc) is 2.62. The van der Waals surface area contributed by atoms with E-state index in [0.29, 0.717) is 38.7 Å². The second-order valence-electron chi connectivity index (χ2n) is 6.33. The molecule has 2 aliphatic rings. The third-order valence-corrected chi connectivity index (χ3v) is 4.30. The summed E-state index contributed by atoms with van der Waals surface area (Å²) in [6.45, 7) is 3.94. The lowest BCUT2D eigenvalue weighted by atomic mass is 10.1. The van der Waals surface area contributed by atoms with Gasteiger partial charge < -0.3 is 24.2 Å². The van der Waals surface area contributed by atoms with Gasteiger partial charge >= 0.3 is 6.03 Å². The standard InChI is InChI=1S/C16H25N5O3/c1-19(2)14-5-6-15(18-17-14)24-13-4-3-7-21(12-13)16(22)20-8-10-23-11-9-20/h5-6,13H,3-4,7-12H2,1-2H3. The van der Waals surface area contributed by atoms with Crippen LogP contribution in [0.2, 0.25) is 0 Å². The molecule has 3 heterocycles. The van der Waals surface area contributed by atoms with E-state index in [2.05, 4.69) is 10.2 Å². The molecule has 0 aliphatic carbocycles. The predicted octanol–water partition coefficient (Wildman–Crippen LogP) is 0.838. The van der Waals surface area contributed by atoms with Crippen LogP contribution in [0, 0.1) is 0 Å². The maximum Gasteiger partial charge on any atom is 0.320 e. The fourth-order valence-electron chi connectivity index (χ4n) is 2.95. The second-order valence-corrected chi connectivity index (χ2v) is 6.33. The normalized spacial score (nSPS) is 21.5. The zero-order valence-electron chi connectivity index (χ0n) is 14.3. The molecule has 0 radical (unpaired) electrons. The molecule has 2 aliphatic heterocycles. The molecule has 0 N–H and O–H groups in total. The highest BCUT2D eigenvalue weighted by Crippen LogP contribution is 2.19. The summed E-state index contributed by atoms with van der Waals surface area (Å²) < 4.78 is 11.2. The van der Waals surface area contributed by atoms with Crippen LogP contribution < -0.4 is 9.64 Å². The Balaban J connectivity index is 1.55. The van der Waals surface area contributed by atoms with Crippen molar-refractivity contribution in [3.05, 3.63) is 12.1 Å². The van der Waals surface area contributed by atoms with E-state index in [1.807, 2.05) is 40.9 Å². The van der Waals surface area contributed by atoms with Crippen molar-refractivity contribution in [1.29, 1.82) is 0 Å². The number of rotatable bonds is 3. The van der Waals surface area contributed by atoms with Crippen molar-refractivity contribution in [2.75, 3.05) is 58.4 Å². The van der Waals surface area contributed by atoms with Gasteiger partial charge in [0.1, 0.15) is 6.10 Å². The summed E-state index contributed by atoms with van der Waals surface area (Å²) in [5, 5.41) is 8.23. The van der Waals surface area contributed by atoms with Crippen molar-refractivity contribution >= 4 is 11.8 Å². The Bertz CT molecular complexity index is 545. The molecule has 2 saturated heterocycles. The first-order valence-electron chi connectivity index (χ1n) is 8.43. The van der Waals surface area contributed by atoms with E-state index in [-0.39, 0.29) is 12.1 Å². The molecule has 0 bridgehead atoms. The van der Waals surface area contributed by atoms with Crippen LogP contribution in [0.4, 0.5) is 10.6 Å². The number of aromatic nitrogens is 2. The number of amides is 2. The lowest BCUT2D eigenvalue weighted by Gasteiger charge is -2.37. The second kappa shape index (κ2) is 7.65. The molecule has 2 amide bonds. The number of carbonyl (C=O) groups excluding carboxylic acids is 1. The fraction of sp³-hybridized carbons (Fsp3) is 0.688. The molecule has 1 unspecified atom stereocenters. The molecular weight excluding hydrogens is 310 g/mol. The third kappa shape index (κ3) is 4.05. The maximum atomic E-state index is 12.6. The number of hydrogen-bond donors (Lipinski definition) is 0. The van der Waals surface area contributed by atoms with Gasteiger partial charge in [0, 0.05) is 39.8 Å². The molecule has 1 aromatic heterocycles. The van der Waals surface area contributed by atoms with E-state index in [1.165, 1.54) is 0 Å². The Labute approximate surface area is 142 Å². The van der Waals surface area contributed by atoms with Crippen LogP contribution >= 0.6 is 0 Å². The van der Waals surface area contributed by atoms with Gasteiger partial charge in [0.05, 0.1) is 19.8 Å². The van der Waals surface area contributed by atoms with Crippen molar-refractivity contribution in [3.63, 3.8) is 0 Å². The van der Waals surface area contributed by atoms with Gasteiger partial charge in [-0.15, -0.1) is 10.2 Å². The van der Waals surface area contributed by atoms with Gasteiger partial charge in [0.25, 0.3) is 0 Å². The first-order chi connectivity index (χ1) is 11.6. The minimum absolute atomic E-state index is 0.0387. The summed E-state index contributed by atoms with van der Waals surface area (Å²) in [6, 6.07) is 3.79. The number of hydrogen-bond acceptors (Lipinski definition) is 6. The molecule has 3 rings (SSSR count). The average molecular weight is 335 g/mol. The number of anilines is 1. The maximum absolute atomic E-state index is 12.6. The number of nitrogens with zero attached hydrogens (tertiary/aromatic N) is 5. The Morgan fingerprint density at radius 1 is 1.21 bits per heavy atom. The Hall–Kier alpha value is -2.09. The zero-order chi connectivity index (χ0) is 16.9. The summed E-state index contributed by atoms with van der Waals surface area (Å²) in [5.74, 6) is 1.29. The first kappa shape index (κ1) is 16.8. The third-order valence-electron chi connectivity index (χ3n) is 4.30. The van der Waals surface area contributed by atoms with Crippen LogP contribution in [0.1, 0.15) is 12.8 Å². The lowest BCUT2D eigenvalue weighted by molar-refractivity contribution is 0.0325. The van der Waals surface area contributed by atoms with Gasteiger partial charge in [-0.25, -0.2) is 4.79 Å². The highest BCUT2D eigenvalue weighted by atomic mass is 16.5. The minimum atomic E-state index is -0.0387. The fourth-order valence-corrected chi connectivity index (χ4v) is 2.95. The van der Waals surface area contributed by atoms with Crippen molar-refractivity contribution in [2.24, 2.45) is 0 Å². The summed E-state index contributed by atoms with van der Waals surface area (Å²) in [7, 11) is 3.83. The molecule has 8 nitrogen and oxygen atoms in total. The summed E-state index contributed by atoms with van der Waals surface area (Å²) >= 11 is 0. The molecule has 1 atom stereocenters. The Kier molecular flexibility index (Phi) is 5.34. The van der Waals surface area contributed by atoms with Gasteiger partial charge in [-0.1, -0.05) is 0 Å². The van der Waals surface area contributed by atoms with Crippen molar-refractivity contribution in [2.45, 2.75) is 18.9 Å². The van der Waals surface area contributed by atoms with Gasteiger partial charge in [-0.3, -0.25) is 0 Å². The number of likely N-dealkylation sites (tertiary alicyclic amines) is 1. The van der Waals surface area contributed by atoms with Crippen LogP contribution in [0.3, 0.4) is 0 Å². The van der Waals surface area contributed by atoms with E-state index in [1.54, 1.807) is 0 Å². The lowest BCUT2D eigenvalue weighted by Crippen LogP contribution is -2.52. The van der Waals surface area contributed by atoms with Crippen molar-refractivity contribution < 1.29 is 14.3 Å². The van der Waals surface area contributed by atoms with Gasteiger partial charge in [0.15, 0.2) is 5.82 Å². The Morgan fingerprint density at radius 2 is 2.00 bits per heavy atom. The van der Waals surface area contributed by atoms with Gasteiger partial charge in [0.2, 0.25) is 5.88 Å². The summed E-state index contributed by atoms with van der Waals surface area (Å²) in [6.07, 6.45) is 1.82. The number of urea groups is 1. The molecule has 8 heteroatoms. The zero-order valence-corrected chi connectivity index (χ0v) is 14.3. The number of morpholine rings is 1. The SMILES string of the molecule is CN(C)c1ccc(OC2CCCN(C(=O)N3CCOCC3)C2)nn1. The van der Waals surface area contributed by atoms with E-state index in [9.17, 15) is 4.79 Å². The highest BCUT2D eigenvalue weighted by Gasteiger charge is 2.29. The van der Waals surface area contributed by atoms with Crippen LogP contribution in [0.25, 0.3) is 0 Å². The highest BCUT2D eigenvalue weighted by molar-refractivity contribution is 5.74. The topological polar surface area (TPSA) is 71.0 Å². The van der Waals surface area contributed by atoms with Gasteiger partial charge in [-0.2, -0.15) is 0 Å². The predicted molar refractivity (Wildman–Crippen MR) is 89.4 cm³/mol. The number of carbonyl (C=O) groups is 1. The molecule has 2 fully saturated rings. The van der Waals surface area contributed by atoms with Crippen LogP contribution in [-0.2, 0) is 4.74 Å². The van der Waals surface area contributed by atoms with Crippen LogP contribution in [0.5, 0.6) is 5.88 Å². The molecule has 0 aromatic carbocycles. The van der Waals surface area contributed by atoms with E-state index < -0.39 is 0 Å². The molecule has 24 heavy (non-hydrogen) atoms. The number of ether oxygens (including phenoxy) is 2. The minimum Gasteiger partial charge on any atom is -0.471 e. The molecule has 0 saturated carbocycles.